The molecule has 0 saturated carbocycles. The van der Waals surface area contributed by atoms with Gasteiger partial charge in [0.15, 0.2) is 0 Å². The smallest absolute Gasteiger partial charge is 0.242 e. The Morgan fingerprint density at radius 2 is 2.15 bits per heavy atom. The molecule has 0 aliphatic carbocycles. The number of aromatic nitrogens is 1. The number of hydrogen-bond acceptors (Lipinski definition) is 4. The van der Waals surface area contributed by atoms with E-state index >= 15 is 0 Å². The molecule has 4 nitrogen and oxygen atoms in total. The highest BCUT2D eigenvalue weighted by molar-refractivity contribution is 9.11. The van der Waals surface area contributed by atoms with Crippen LogP contribution in [0.2, 0.25) is 0 Å². The first-order valence-corrected chi connectivity index (χ1v) is 9.75. The number of sulfonamides is 1. The normalized spacial score (nSPS) is 13.3. The van der Waals surface area contributed by atoms with Gasteiger partial charge in [0.1, 0.15) is 5.01 Å². The van der Waals surface area contributed by atoms with Gasteiger partial charge < -0.3 is 0 Å². The van der Waals surface area contributed by atoms with E-state index < -0.39 is 10.0 Å². The molecule has 0 radical (unpaired) electrons. The van der Waals surface area contributed by atoms with Crippen molar-refractivity contribution in [2.45, 2.75) is 24.3 Å². The van der Waals surface area contributed by atoms with E-state index in [2.05, 4.69) is 41.6 Å². The predicted octanol–water partition coefficient (Wildman–Crippen LogP) is 4.10. The third-order valence-corrected chi connectivity index (χ3v) is 6.49. The van der Waals surface area contributed by atoms with Gasteiger partial charge in [-0.05, 0) is 40.5 Å². The van der Waals surface area contributed by atoms with Gasteiger partial charge in [0.05, 0.1) is 10.9 Å². The number of nitrogens with one attached hydrogen (secondary N) is 1. The first-order valence-electron chi connectivity index (χ1n) is 5.81. The van der Waals surface area contributed by atoms with Crippen LogP contribution in [-0.4, -0.2) is 13.4 Å². The topological polar surface area (TPSA) is 59.1 Å². The number of halogens is 2. The molecule has 2 rings (SSSR count). The van der Waals surface area contributed by atoms with Gasteiger partial charge in [-0.1, -0.05) is 22.9 Å². The van der Waals surface area contributed by atoms with Crippen molar-refractivity contribution in [2.75, 3.05) is 0 Å². The van der Waals surface area contributed by atoms with E-state index in [0.717, 1.165) is 5.01 Å². The minimum Gasteiger partial charge on any atom is -0.248 e. The molecule has 0 saturated heterocycles. The zero-order valence-electron chi connectivity index (χ0n) is 10.5. The van der Waals surface area contributed by atoms with Gasteiger partial charge in [-0.3, -0.25) is 0 Å². The SMILES string of the molecule is CCC(NS(=O)(=O)c1cc(Br)ccc1Br)c1nccs1. The molecule has 0 amide bonds. The van der Waals surface area contributed by atoms with Crippen LogP contribution < -0.4 is 4.72 Å². The monoisotopic (exact) mass is 438 g/mol. The van der Waals surface area contributed by atoms with Crippen molar-refractivity contribution < 1.29 is 8.42 Å². The Labute approximate surface area is 138 Å². The van der Waals surface area contributed by atoms with E-state index in [1.165, 1.54) is 11.3 Å². The molecule has 1 atom stereocenters. The summed E-state index contributed by atoms with van der Waals surface area (Å²) in [5.41, 5.74) is 0. The van der Waals surface area contributed by atoms with Crippen LogP contribution in [0.5, 0.6) is 0 Å². The van der Waals surface area contributed by atoms with Crippen molar-refractivity contribution >= 4 is 53.2 Å². The van der Waals surface area contributed by atoms with E-state index in [-0.39, 0.29) is 10.9 Å². The first-order chi connectivity index (χ1) is 9.44. The summed E-state index contributed by atoms with van der Waals surface area (Å²) in [6.45, 7) is 1.92. The average molecular weight is 440 g/mol. The fourth-order valence-electron chi connectivity index (χ4n) is 1.65. The van der Waals surface area contributed by atoms with Crippen molar-refractivity contribution in [3.05, 3.63) is 43.7 Å². The molecule has 0 fully saturated rings. The van der Waals surface area contributed by atoms with Crippen LogP contribution >= 0.6 is 43.2 Å². The highest BCUT2D eigenvalue weighted by atomic mass is 79.9. The zero-order valence-corrected chi connectivity index (χ0v) is 15.3. The van der Waals surface area contributed by atoms with Crippen LogP contribution in [0.15, 0.2) is 43.6 Å². The van der Waals surface area contributed by atoms with E-state index in [1.807, 2.05) is 12.3 Å². The van der Waals surface area contributed by atoms with Crippen LogP contribution in [0.3, 0.4) is 0 Å². The summed E-state index contributed by atoms with van der Waals surface area (Å²) < 4.78 is 28.9. The second kappa shape index (κ2) is 6.65. The molecular weight excluding hydrogens is 428 g/mol. The Morgan fingerprint density at radius 3 is 2.75 bits per heavy atom. The number of rotatable bonds is 5. The number of benzene rings is 1. The van der Waals surface area contributed by atoms with Crippen LogP contribution in [0.1, 0.15) is 24.4 Å². The lowest BCUT2D eigenvalue weighted by atomic mass is 10.3. The summed E-state index contributed by atoms with van der Waals surface area (Å²) in [4.78, 5) is 4.39. The maximum Gasteiger partial charge on any atom is 0.242 e. The van der Waals surface area contributed by atoms with Gasteiger partial charge >= 0.3 is 0 Å². The molecule has 108 valence electrons. The molecule has 1 aromatic heterocycles. The second-order valence-electron chi connectivity index (χ2n) is 4.03. The lowest BCUT2D eigenvalue weighted by molar-refractivity contribution is 0.548. The second-order valence-corrected chi connectivity index (χ2v) is 8.41. The maximum atomic E-state index is 12.5. The van der Waals surface area contributed by atoms with E-state index in [1.54, 1.807) is 24.4 Å². The molecule has 8 heteroatoms. The molecule has 0 bridgehead atoms. The molecule has 2 aromatic rings. The Kier molecular flexibility index (Phi) is 5.36. The van der Waals surface area contributed by atoms with Crippen molar-refractivity contribution in [3.63, 3.8) is 0 Å². The van der Waals surface area contributed by atoms with Crippen molar-refractivity contribution in [2.24, 2.45) is 0 Å². The largest absolute Gasteiger partial charge is 0.248 e. The predicted molar refractivity (Wildman–Crippen MR) is 87.3 cm³/mol. The maximum absolute atomic E-state index is 12.5. The average Bonchev–Trinajstić information content (AvgIpc) is 2.92. The zero-order chi connectivity index (χ0) is 14.8. The summed E-state index contributed by atoms with van der Waals surface area (Å²) in [6, 6.07) is 4.73. The molecular formula is C12H12Br2N2O2S2. The van der Waals surface area contributed by atoms with E-state index in [9.17, 15) is 8.42 Å². The first kappa shape index (κ1) is 16.1. The highest BCUT2D eigenvalue weighted by Crippen LogP contribution is 2.28. The highest BCUT2D eigenvalue weighted by Gasteiger charge is 2.23. The summed E-state index contributed by atoms with van der Waals surface area (Å²) in [5, 5.41) is 2.60. The Bertz CT molecular complexity index is 687. The minimum absolute atomic E-state index is 0.210. The van der Waals surface area contributed by atoms with Gasteiger partial charge in [0.25, 0.3) is 0 Å². The summed E-state index contributed by atoms with van der Waals surface area (Å²) in [6.07, 6.45) is 2.31. The van der Waals surface area contributed by atoms with Crippen LogP contribution in [0, 0.1) is 0 Å². The molecule has 0 spiro atoms. The molecule has 0 aliphatic rings. The molecule has 1 aromatic carbocycles. The third kappa shape index (κ3) is 3.67. The van der Waals surface area contributed by atoms with Crippen molar-refractivity contribution in [1.82, 2.24) is 9.71 Å². The fourth-order valence-corrected chi connectivity index (χ4v) is 5.28. The third-order valence-electron chi connectivity index (χ3n) is 2.64. The van der Waals surface area contributed by atoms with E-state index in [0.29, 0.717) is 15.4 Å². The van der Waals surface area contributed by atoms with Crippen LogP contribution in [0.25, 0.3) is 0 Å². The quantitative estimate of drug-likeness (QED) is 0.762. The lowest BCUT2D eigenvalue weighted by Crippen LogP contribution is -2.28. The Morgan fingerprint density at radius 1 is 1.40 bits per heavy atom. The van der Waals surface area contributed by atoms with Crippen LogP contribution in [0.4, 0.5) is 0 Å². The number of nitrogens with zero attached hydrogens (tertiary/aromatic N) is 1. The minimum atomic E-state index is -3.61. The van der Waals surface area contributed by atoms with Gasteiger partial charge in [-0.25, -0.2) is 18.1 Å². The molecule has 0 aliphatic heterocycles. The lowest BCUT2D eigenvalue weighted by Gasteiger charge is -2.15. The summed E-state index contributed by atoms with van der Waals surface area (Å²) in [7, 11) is -3.61. The van der Waals surface area contributed by atoms with Crippen molar-refractivity contribution in [3.8, 4) is 0 Å². The Hall–Kier alpha value is -0.280. The number of hydrogen-bond donors (Lipinski definition) is 1. The summed E-state index contributed by atoms with van der Waals surface area (Å²) >= 11 is 8.00. The summed E-state index contributed by atoms with van der Waals surface area (Å²) in [5.74, 6) is 0. The molecule has 1 heterocycles. The van der Waals surface area contributed by atoms with Gasteiger partial charge in [0, 0.05) is 20.5 Å². The van der Waals surface area contributed by atoms with E-state index in [4.69, 9.17) is 0 Å². The fraction of sp³-hybridized carbons (Fsp3) is 0.250. The van der Waals surface area contributed by atoms with Crippen molar-refractivity contribution in [1.29, 1.82) is 0 Å². The van der Waals surface area contributed by atoms with Gasteiger partial charge in [-0.2, -0.15) is 0 Å². The van der Waals surface area contributed by atoms with Gasteiger partial charge in [0.2, 0.25) is 10.0 Å². The van der Waals surface area contributed by atoms with Gasteiger partial charge in [-0.15, -0.1) is 11.3 Å². The molecule has 1 N–H and O–H groups in total. The molecule has 20 heavy (non-hydrogen) atoms. The Balaban J connectivity index is 2.33. The standard InChI is InChI=1S/C12H12Br2N2O2S2/c1-2-10(12-15-5-6-19-12)16-20(17,18)11-7-8(13)3-4-9(11)14/h3-7,10,16H,2H2,1H3. The molecule has 1 unspecified atom stereocenters. The van der Waals surface area contributed by atoms with Crippen LogP contribution in [-0.2, 0) is 10.0 Å². The number of thiazole rings is 1.